The SMILES string of the molecule is CC(=O)CC[C@@H]1OC(=O)N2c3cc(F)c(N4CC5(COC5)C4)cc3OC[C@@H]12.CC(=O)OOOC(C)=O.CS(=O)(=O)OC[C@@H]1OC(=O)N2c3cc(F)c(N4CC5(COC5)C4)cc3OC[C@@H]12.NC[C@@H]1OC(=O)N2c3cc(F)c(N4CC5(COC5)C4)cc3OC[C@@H]12.[HH].[N-]=[N+]=NC[C@@H]1OC(=O)N2c3cc(F)c(N4CC5(COC5)C4)cc3OC[C@@H]12.[N-]=[N+]=[N-].[Na+]. The maximum atomic E-state index is 14.8. The van der Waals surface area contributed by atoms with Gasteiger partial charge in [0.1, 0.15) is 128 Å². The summed E-state index contributed by atoms with van der Waals surface area (Å²) in [7, 11) is -3.68. The molecular formula is C72H82F4N15NaO25S. The summed E-state index contributed by atoms with van der Waals surface area (Å²) in [5.41, 5.74) is 31.6. The van der Waals surface area contributed by atoms with Gasteiger partial charge in [-0.1, -0.05) is 5.11 Å². The Balaban J connectivity index is 0.000000131. The van der Waals surface area contributed by atoms with Crippen molar-refractivity contribution in [2.24, 2.45) is 32.5 Å². The standard InChI is InChI=1S/C19H21FN2O5.C17H19FN2O7S.C16H16FN5O4.C16H18FN3O4.C4H6O5.N3.Na.H2/c1-11(23)2-3-16-15-6-26-17-5-13(21-7-19(8-21)9-25-10-19)12(20)4-14(17)22(15)18(24)27-16;1-28(22,23)26-5-15-13-4-25-14-3-11(19-6-17(7-19)8-24-9-17)10(18)2-12(14)20(13)16(21)27-15;17-9-1-11-13(2-10(9)21-5-16(6-21)7-24-8-16)25-4-12-14(3-19-20-18)26-15(23)22(11)12;17-9-1-11-13(2-10(9)19-5-16(6-19)7-22-8-16)23-4-12-14(3-18)24-15(21)20(11)12;1-3(5)7-9-8-4(2)6;1-3-2;;/h4-5,15-16H,2-3,6-10H2,1H3;2-3,13,15H,4-9H2,1H3;1-2,12,14H,3-8H2;1-2,12,14H,3-8,18H2;1-2H3;;;1H/q;;;;;-1;+1;/t15-,16-;13-,15-;2*12-,14-;;;;/m0000..../s1. The molecule has 46 heteroatoms. The van der Waals surface area contributed by atoms with Gasteiger partial charge in [-0.25, -0.2) is 46.3 Å². The van der Waals surface area contributed by atoms with Gasteiger partial charge in [-0.15, -0.1) is 0 Å². The molecule has 20 rings (SSSR count). The number of ether oxygens (including phenoxy) is 12. The van der Waals surface area contributed by atoms with Crippen LogP contribution in [0, 0.1) is 44.9 Å². The van der Waals surface area contributed by atoms with Crippen LogP contribution in [-0.4, -0.2) is 257 Å². The topological polar surface area (TPSA) is 461 Å². The summed E-state index contributed by atoms with van der Waals surface area (Å²) in [4.78, 5) is 105. The van der Waals surface area contributed by atoms with Crippen molar-refractivity contribution in [3.63, 3.8) is 0 Å². The largest absolute Gasteiger partial charge is 1.00 e. The first-order valence-electron chi connectivity index (χ1n) is 37.2. The molecule has 4 aromatic rings. The molecular weight excluding hydrogens is 1610 g/mol. The summed E-state index contributed by atoms with van der Waals surface area (Å²) in [6, 6.07) is 10.2. The number of hydrogen-bond acceptors (Lipinski definition) is 31. The van der Waals surface area contributed by atoms with Gasteiger partial charge in [0.05, 0.1) is 133 Å². The molecule has 4 amide bonds. The first kappa shape index (κ1) is 84.4. The van der Waals surface area contributed by atoms with E-state index < -0.39 is 94.6 Å². The van der Waals surface area contributed by atoms with Crippen molar-refractivity contribution in [3.8, 4) is 23.0 Å². The van der Waals surface area contributed by atoms with Crippen LogP contribution in [0.4, 0.5) is 82.2 Å². The number of nitrogens with two attached hydrogens (primary N) is 1. The fourth-order valence-electron chi connectivity index (χ4n) is 16.7. The molecule has 0 unspecified atom stereocenters. The van der Waals surface area contributed by atoms with Crippen molar-refractivity contribution in [1.82, 2.24) is 0 Å². The van der Waals surface area contributed by atoms with E-state index in [1.54, 1.807) is 24.3 Å². The molecule has 0 saturated carbocycles. The minimum absolute atomic E-state index is 0. The molecule has 16 heterocycles. The number of fused-ring (bicyclic) bond motifs is 12. The Bertz CT molecular complexity index is 4810. The number of hydrogen-bond donors (Lipinski definition) is 1. The number of Topliss-reactive ketones (excluding diaryl/α,β-unsaturated/α-hetero) is 1. The molecule has 0 radical (unpaired) electrons. The normalized spacial score (nSPS) is 25.5. The van der Waals surface area contributed by atoms with E-state index in [0.717, 1.165) is 112 Å². The summed E-state index contributed by atoms with van der Waals surface area (Å²) in [6.45, 7) is 16.4. The molecule has 16 aliphatic rings. The number of carbonyl (C=O) groups excluding carboxylic acids is 7. The van der Waals surface area contributed by atoms with Gasteiger partial charge in [0.25, 0.3) is 10.1 Å². The van der Waals surface area contributed by atoms with Gasteiger partial charge in [0.2, 0.25) is 0 Å². The fourth-order valence-corrected chi connectivity index (χ4v) is 17.1. The number of amides is 4. The van der Waals surface area contributed by atoms with E-state index >= 15 is 0 Å². The van der Waals surface area contributed by atoms with Gasteiger partial charge in [0, 0.05) is 139 Å². The van der Waals surface area contributed by atoms with E-state index in [9.17, 15) is 59.5 Å². The van der Waals surface area contributed by atoms with E-state index in [1.165, 1.54) is 55.7 Å². The van der Waals surface area contributed by atoms with E-state index in [0.29, 0.717) is 95.5 Å². The van der Waals surface area contributed by atoms with Crippen molar-refractivity contribution in [1.29, 1.82) is 0 Å². The first-order valence-corrected chi connectivity index (χ1v) is 39.0. The molecule has 0 aromatic heterocycles. The van der Waals surface area contributed by atoms with Gasteiger partial charge >= 0.3 is 65.9 Å². The Morgan fingerprint density at radius 2 is 0.780 bits per heavy atom. The van der Waals surface area contributed by atoms with E-state index in [1.807, 2.05) is 19.6 Å². The molecule has 0 bridgehead atoms. The van der Waals surface area contributed by atoms with Crippen LogP contribution in [0.2, 0.25) is 0 Å². The van der Waals surface area contributed by atoms with E-state index in [2.05, 4.69) is 24.8 Å². The zero-order valence-corrected chi connectivity index (χ0v) is 67.2. The molecule has 12 saturated heterocycles. The van der Waals surface area contributed by atoms with Gasteiger partial charge in [0.15, 0.2) is 6.10 Å². The van der Waals surface area contributed by atoms with Crippen LogP contribution < -0.4 is 93.4 Å². The quantitative estimate of drug-likeness (QED) is 0.0204. The number of azide groups is 1. The summed E-state index contributed by atoms with van der Waals surface area (Å²) in [5.74, 6) is -1.11. The van der Waals surface area contributed by atoms with Gasteiger partial charge in [-0.3, -0.25) is 38.5 Å². The second-order valence-corrected chi connectivity index (χ2v) is 33.0. The summed E-state index contributed by atoms with van der Waals surface area (Å²) in [5, 5.41) is 7.12. The zero-order chi connectivity index (χ0) is 82.8. The molecule has 630 valence electrons. The number of carbonyl (C=O) groups is 7. The van der Waals surface area contributed by atoms with Crippen LogP contribution in [0.25, 0.3) is 26.4 Å². The summed E-state index contributed by atoms with van der Waals surface area (Å²) in [6.07, 6.45) is -2.87. The monoisotopic (exact) mass is 1690 g/mol. The van der Waals surface area contributed by atoms with Crippen LogP contribution in [0.1, 0.15) is 35.0 Å². The Hall–Kier alpha value is -10.0. The molecule has 2 N–H and O–H groups in total. The number of nitrogens with zero attached hydrogens (tertiary/aromatic N) is 14. The van der Waals surface area contributed by atoms with E-state index in [-0.39, 0.29) is 127 Å². The molecule has 0 aliphatic carbocycles. The molecule has 4 aromatic carbocycles. The Labute approximate surface area is 693 Å². The van der Waals surface area contributed by atoms with Crippen molar-refractivity contribution < 1.29 is 166 Å². The Morgan fingerprint density at radius 3 is 1.06 bits per heavy atom. The maximum Gasteiger partial charge on any atom is 1.00 e. The Morgan fingerprint density at radius 1 is 0.492 bits per heavy atom. The van der Waals surface area contributed by atoms with Crippen molar-refractivity contribution in [2.45, 2.75) is 82.2 Å². The van der Waals surface area contributed by atoms with Crippen molar-refractivity contribution in [3.05, 3.63) is 98.2 Å². The molecule has 40 nitrogen and oxygen atoms in total. The second-order valence-electron chi connectivity index (χ2n) is 31.3. The first-order chi connectivity index (χ1) is 55.9. The Kier molecular flexibility index (Phi) is 24.1. The molecule has 16 aliphatic heterocycles. The van der Waals surface area contributed by atoms with Gasteiger partial charge < -0.3 is 98.0 Å². The summed E-state index contributed by atoms with van der Waals surface area (Å²) >= 11 is 0. The molecule has 4 spiro atoms. The third-order valence-corrected chi connectivity index (χ3v) is 23.1. The number of rotatable bonds is 15. The van der Waals surface area contributed by atoms with Crippen LogP contribution >= 0.6 is 0 Å². The molecule has 118 heavy (non-hydrogen) atoms. The number of benzene rings is 4. The third kappa shape index (κ3) is 16.6. The van der Waals surface area contributed by atoms with Gasteiger partial charge in [-0.05, 0) is 18.9 Å². The second kappa shape index (κ2) is 33.6. The molecule has 8 atom stereocenters. The fraction of sp³-hybridized carbons (Fsp3) is 0.569. The third-order valence-electron chi connectivity index (χ3n) is 22.6. The average molecular weight is 1690 g/mol. The summed E-state index contributed by atoms with van der Waals surface area (Å²) < 4.78 is 151. The average Bonchev–Trinajstić information content (AvgIpc) is 1.60. The predicted molar refractivity (Wildman–Crippen MR) is 396 cm³/mol. The van der Waals surface area contributed by atoms with Crippen LogP contribution in [0.3, 0.4) is 0 Å². The van der Waals surface area contributed by atoms with Gasteiger partial charge in [-0.2, -0.15) is 8.42 Å². The van der Waals surface area contributed by atoms with Crippen molar-refractivity contribution in [2.75, 3.05) is 197 Å². The van der Waals surface area contributed by atoms with Crippen LogP contribution in [0.5, 0.6) is 23.0 Å². The smallest absolute Gasteiger partial charge is 0.489 e. The van der Waals surface area contributed by atoms with Crippen molar-refractivity contribution >= 4 is 97.7 Å². The van der Waals surface area contributed by atoms with Crippen LogP contribution in [-0.2, 0) is 81.4 Å². The minimum Gasteiger partial charge on any atom is -0.489 e. The number of ketones is 1. The predicted octanol–water partition coefficient (Wildman–Crippen LogP) is 3.68. The van der Waals surface area contributed by atoms with Crippen LogP contribution in [0.15, 0.2) is 53.6 Å². The zero-order valence-electron chi connectivity index (χ0n) is 64.4. The number of cyclic esters (lactones) is 4. The maximum absolute atomic E-state index is 14.8. The number of halogens is 4. The number of anilines is 8. The minimum atomic E-state index is -3.68. The van der Waals surface area contributed by atoms with E-state index in [4.69, 9.17) is 83.4 Å². The molecule has 12 fully saturated rings.